The number of amides is 1. The molecular formula is C13H17NO4S. The molecule has 0 aliphatic carbocycles. The first-order valence-electron chi connectivity index (χ1n) is 6.29. The van der Waals surface area contributed by atoms with E-state index in [0.717, 1.165) is 37.3 Å². The predicted octanol–water partition coefficient (Wildman–Crippen LogP) is 2.08. The number of nitrogens with zero attached hydrogens (tertiary/aromatic N) is 1. The van der Waals surface area contributed by atoms with Gasteiger partial charge in [-0.15, -0.1) is 11.3 Å². The molecule has 1 N–H and O–H groups in total. The number of rotatable bonds is 4. The number of carboxylic acid groups (broad SMARTS) is 1. The Morgan fingerprint density at radius 3 is 3.05 bits per heavy atom. The summed E-state index contributed by atoms with van der Waals surface area (Å²) in [4.78, 5) is 24.8. The molecule has 1 aromatic heterocycles. The number of carboxylic acids is 1. The number of hydrogen-bond donors (Lipinski definition) is 1. The summed E-state index contributed by atoms with van der Waals surface area (Å²) in [6, 6.07) is 1.58. The molecule has 1 amide bonds. The van der Waals surface area contributed by atoms with Crippen LogP contribution in [0.3, 0.4) is 0 Å². The van der Waals surface area contributed by atoms with Crippen LogP contribution in [-0.2, 0) is 4.79 Å². The quantitative estimate of drug-likeness (QED) is 0.918. The molecule has 0 bridgehead atoms. The van der Waals surface area contributed by atoms with Crippen LogP contribution in [0.15, 0.2) is 11.4 Å². The highest BCUT2D eigenvalue weighted by molar-refractivity contribution is 7.12. The molecule has 0 saturated carbocycles. The molecule has 6 heteroatoms. The Morgan fingerprint density at radius 1 is 1.58 bits per heavy atom. The van der Waals surface area contributed by atoms with Crippen LogP contribution in [0.5, 0.6) is 5.75 Å². The number of ether oxygens (including phenoxy) is 1. The van der Waals surface area contributed by atoms with E-state index < -0.39 is 5.97 Å². The van der Waals surface area contributed by atoms with Crippen LogP contribution in [0.1, 0.15) is 29.4 Å². The van der Waals surface area contributed by atoms with Crippen molar-refractivity contribution in [3.8, 4) is 5.75 Å². The molecule has 0 radical (unpaired) electrons. The molecule has 1 atom stereocenters. The maximum absolute atomic E-state index is 12.0. The van der Waals surface area contributed by atoms with Gasteiger partial charge < -0.3 is 14.7 Å². The SMILES string of the molecule is CC1CCCN(C(=O)COc2ccsc2C(=O)O)C1. The molecule has 1 saturated heterocycles. The highest BCUT2D eigenvalue weighted by atomic mass is 32.1. The predicted molar refractivity (Wildman–Crippen MR) is 71.8 cm³/mol. The lowest BCUT2D eigenvalue weighted by Crippen LogP contribution is -2.41. The van der Waals surface area contributed by atoms with E-state index in [1.165, 1.54) is 0 Å². The van der Waals surface area contributed by atoms with E-state index in [4.69, 9.17) is 9.84 Å². The van der Waals surface area contributed by atoms with Crippen LogP contribution in [-0.4, -0.2) is 41.6 Å². The van der Waals surface area contributed by atoms with E-state index in [2.05, 4.69) is 6.92 Å². The van der Waals surface area contributed by atoms with Crippen molar-refractivity contribution in [3.05, 3.63) is 16.3 Å². The van der Waals surface area contributed by atoms with Gasteiger partial charge in [0.15, 0.2) is 11.5 Å². The van der Waals surface area contributed by atoms with E-state index in [0.29, 0.717) is 5.92 Å². The number of piperidine rings is 1. The van der Waals surface area contributed by atoms with E-state index >= 15 is 0 Å². The molecule has 104 valence electrons. The topological polar surface area (TPSA) is 66.8 Å². The van der Waals surface area contributed by atoms with Gasteiger partial charge >= 0.3 is 5.97 Å². The Balaban J connectivity index is 1.89. The number of aromatic carboxylic acids is 1. The van der Waals surface area contributed by atoms with Crippen LogP contribution in [0.2, 0.25) is 0 Å². The van der Waals surface area contributed by atoms with Gasteiger partial charge in [-0.05, 0) is 30.2 Å². The molecule has 1 fully saturated rings. The number of hydrogen-bond acceptors (Lipinski definition) is 4. The van der Waals surface area contributed by atoms with Gasteiger partial charge in [-0.3, -0.25) is 4.79 Å². The lowest BCUT2D eigenvalue weighted by molar-refractivity contribution is -0.135. The van der Waals surface area contributed by atoms with Crippen LogP contribution < -0.4 is 4.74 Å². The average molecular weight is 283 g/mol. The first kappa shape index (κ1) is 13.9. The van der Waals surface area contributed by atoms with E-state index in [-0.39, 0.29) is 23.1 Å². The van der Waals surface area contributed by atoms with Crippen LogP contribution >= 0.6 is 11.3 Å². The monoisotopic (exact) mass is 283 g/mol. The zero-order valence-electron chi connectivity index (χ0n) is 10.8. The Morgan fingerprint density at radius 2 is 2.37 bits per heavy atom. The third-order valence-electron chi connectivity index (χ3n) is 3.18. The first-order chi connectivity index (χ1) is 9.08. The average Bonchev–Trinajstić information content (AvgIpc) is 2.84. The number of likely N-dealkylation sites (tertiary alicyclic amines) is 1. The van der Waals surface area contributed by atoms with E-state index in [1.807, 2.05) is 0 Å². The molecule has 2 heterocycles. The van der Waals surface area contributed by atoms with E-state index in [9.17, 15) is 9.59 Å². The smallest absolute Gasteiger partial charge is 0.349 e. The third kappa shape index (κ3) is 3.47. The largest absolute Gasteiger partial charge is 0.482 e. The Labute approximate surface area is 115 Å². The summed E-state index contributed by atoms with van der Waals surface area (Å²) in [6.45, 7) is 3.56. The summed E-state index contributed by atoms with van der Waals surface area (Å²) in [7, 11) is 0. The summed E-state index contributed by atoms with van der Waals surface area (Å²) in [5, 5.41) is 10.6. The van der Waals surface area contributed by atoms with Crippen molar-refractivity contribution in [1.29, 1.82) is 0 Å². The fraction of sp³-hybridized carbons (Fsp3) is 0.538. The minimum absolute atomic E-state index is 0.0749. The van der Waals surface area contributed by atoms with Gasteiger partial charge in [-0.2, -0.15) is 0 Å². The van der Waals surface area contributed by atoms with Gasteiger partial charge in [-0.1, -0.05) is 6.92 Å². The van der Waals surface area contributed by atoms with Crippen molar-refractivity contribution >= 4 is 23.2 Å². The lowest BCUT2D eigenvalue weighted by Gasteiger charge is -2.30. The highest BCUT2D eigenvalue weighted by Gasteiger charge is 2.22. The van der Waals surface area contributed by atoms with Gasteiger partial charge in [0, 0.05) is 13.1 Å². The fourth-order valence-electron chi connectivity index (χ4n) is 2.21. The number of carbonyl (C=O) groups is 2. The highest BCUT2D eigenvalue weighted by Crippen LogP contribution is 2.24. The van der Waals surface area contributed by atoms with Gasteiger partial charge in [-0.25, -0.2) is 4.79 Å². The Hall–Kier alpha value is -1.56. The Bertz CT molecular complexity index is 471. The molecule has 5 nitrogen and oxygen atoms in total. The molecular weight excluding hydrogens is 266 g/mol. The molecule has 1 aromatic rings. The zero-order chi connectivity index (χ0) is 13.8. The third-order valence-corrected chi connectivity index (χ3v) is 4.07. The van der Waals surface area contributed by atoms with Gasteiger partial charge in [0.2, 0.25) is 0 Å². The van der Waals surface area contributed by atoms with Crippen LogP contribution in [0, 0.1) is 5.92 Å². The lowest BCUT2D eigenvalue weighted by atomic mass is 10.0. The summed E-state index contributed by atoms with van der Waals surface area (Å²) in [5.41, 5.74) is 0. The molecule has 1 unspecified atom stereocenters. The van der Waals surface area contributed by atoms with Crippen molar-refractivity contribution in [2.24, 2.45) is 5.92 Å². The van der Waals surface area contributed by atoms with Crippen molar-refractivity contribution in [1.82, 2.24) is 4.90 Å². The minimum Gasteiger partial charge on any atom is -0.482 e. The Kier molecular flexibility index (Phi) is 4.42. The molecule has 2 rings (SSSR count). The summed E-state index contributed by atoms with van der Waals surface area (Å²) in [5.74, 6) is -0.303. The van der Waals surface area contributed by atoms with Gasteiger partial charge in [0.1, 0.15) is 5.75 Å². The second-order valence-electron chi connectivity index (χ2n) is 4.79. The first-order valence-corrected chi connectivity index (χ1v) is 7.17. The van der Waals surface area contributed by atoms with Gasteiger partial charge in [0.05, 0.1) is 0 Å². The van der Waals surface area contributed by atoms with Crippen molar-refractivity contribution in [2.45, 2.75) is 19.8 Å². The minimum atomic E-state index is -1.02. The molecule has 1 aliphatic rings. The van der Waals surface area contributed by atoms with Crippen LogP contribution in [0.4, 0.5) is 0 Å². The van der Waals surface area contributed by atoms with Crippen molar-refractivity contribution in [2.75, 3.05) is 19.7 Å². The molecule has 19 heavy (non-hydrogen) atoms. The summed E-state index contributed by atoms with van der Waals surface area (Å²) >= 11 is 1.10. The fourth-order valence-corrected chi connectivity index (χ4v) is 2.89. The maximum Gasteiger partial charge on any atom is 0.349 e. The van der Waals surface area contributed by atoms with Gasteiger partial charge in [0.25, 0.3) is 5.91 Å². The molecule has 1 aliphatic heterocycles. The second-order valence-corrected chi connectivity index (χ2v) is 5.71. The zero-order valence-corrected chi connectivity index (χ0v) is 11.6. The number of thiophene rings is 1. The second kappa shape index (κ2) is 6.06. The normalized spacial score (nSPS) is 19.2. The van der Waals surface area contributed by atoms with Crippen LogP contribution in [0.25, 0.3) is 0 Å². The van der Waals surface area contributed by atoms with E-state index in [1.54, 1.807) is 16.3 Å². The summed E-state index contributed by atoms with van der Waals surface area (Å²) in [6.07, 6.45) is 2.17. The number of carbonyl (C=O) groups excluding carboxylic acids is 1. The molecule has 0 aromatic carbocycles. The molecule has 0 spiro atoms. The van der Waals surface area contributed by atoms with Crippen molar-refractivity contribution < 1.29 is 19.4 Å². The maximum atomic E-state index is 12.0. The standard InChI is InChI=1S/C13H17NO4S/c1-9-3-2-5-14(7-9)11(15)8-18-10-4-6-19-12(10)13(16)17/h4,6,9H,2-3,5,7-8H2,1H3,(H,16,17). The summed E-state index contributed by atoms with van der Waals surface area (Å²) < 4.78 is 5.33. The van der Waals surface area contributed by atoms with Crippen molar-refractivity contribution in [3.63, 3.8) is 0 Å².